The van der Waals surface area contributed by atoms with Gasteiger partial charge in [0.25, 0.3) is 5.91 Å². The van der Waals surface area contributed by atoms with E-state index in [4.69, 9.17) is 9.15 Å². The van der Waals surface area contributed by atoms with Crippen LogP contribution >= 0.6 is 0 Å². The molecule has 8 nitrogen and oxygen atoms in total. The van der Waals surface area contributed by atoms with Crippen LogP contribution in [0.5, 0.6) is 0 Å². The molecule has 2 fully saturated rings. The van der Waals surface area contributed by atoms with Gasteiger partial charge in [-0.15, -0.1) is 0 Å². The Balaban J connectivity index is 1.77. The minimum absolute atomic E-state index is 0.0531. The van der Waals surface area contributed by atoms with Crippen LogP contribution in [-0.4, -0.2) is 60.0 Å². The third kappa shape index (κ3) is 3.02. The SMILES string of the molecule is Cc1cc(C2(C)NC(=O)N(CC(=O)N3CCOC(C)C3)C2=O)c(C)o1. The molecule has 3 heterocycles. The van der Waals surface area contributed by atoms with E-state index in [1.54, 1.807) is 31.7 Å². The first-order chi connectivity index (χ1) is 11.7. The van der Waals surface area contributed by atoms with Gasteiger partial charge in [0.2, 0.25) is 5.91 Å². The van der Waals surface area contributed by atoms with Gasteiger partial charge in [0.15, 0.2) is 0 Å². The zero-order valence-corrected chi connectivity index (χ0v) is 14.9. The highest BCUT2D eigenvalue weighted by molar-refractivity contribution is 6.09. The molecule has 3 rings (SSSR count). The lowest BCUT2D eigenvalue weighted by Gasteiger charge is -2.32. The Morgan fingerprint density at radius 3 is 2.72 bits per heavy atom. The van der Waals surface area contributed by atoms with Crippen LogP contribution in [0, 0.1) is 13.8 Å². The largest absolute Gasteiger partial charge is 0.466 e. The van der Waals surface area contributed by atoms with Crippen molar-refractivity contribution in [2.24, 2.45) is 0 Å². The molecule has 0 bridgehead atoms. The van der Waals surface area contributed by atoms with Crippen molar-refractivity contribution in [2.45, 2.75) is 39.3 Å². The van der Waals surface area contributed by atoms with Crippen molar-refractivity contribution in [3.05, 3.63) is 23.2 Å². The summed E-state index contributed by atoms with van der Waals surface area (Å²) in [5, 5.41) is 2.70. The lowest BCUT2D eigenvalue weighted by Crippen LogP contribution is -2.49. The summed E-state index contributed by atoms with van der Waals surface area (Å²) < 4.78 is 10.9. The van der Waals surface area contributed by atoms with Gasteiger partial charge in [-0.1, -0.05) is 0 Å². The second kappa shape index (κ2) is 6.18. The van der Waals surface area contributed by atoms with Crippen molar-refractivity contribution in [2.75, 3.05) is 26.2 Å². The molecule has 2 unspecified atom stereocenters. The van der Waals surface area contributed by atoms with Crippen LogP contribution in [0.1, 0.15) is 30.9 Å². The first-order valence-electron chi connectivity index (χ1n) is 8.33. The summed E-state index contributed by atoms with van der Waals surface area (Å²) in [7, 11) is 0. The van der Waals surface area contributed by atoms with Gasteiger partial charge in [-0.25, -0.2) is 4.79 Å². The number of nitrogens with zero attached hydrogens (tertiary/aromatic N) is 2. The molecule has 2 atom stereocenters. The molecule has 2 aliphatic heterocycles. The highest BCUT2D eigenvalue weighted by Gasteiger charge is 2.51. The van der Waals surface area contributed by atoms with Crippen molar-refractivity contribution in [3.8, 4) is 0 Å². The number of aryl methyl sites for hydroxylation is 2. The van der Waals surface area contributed by atoms with E-state index in [9.17, 15) is 14.4 Å². The number of hydrogen-bond acceptors (Lipinski definition) is 5. The number of urea groups is 1. The zero-order valence-electron chi connectivity index (χ0n) is 14.9. The van der Waals surface area contributed by atoms with Gasteiger partial charge in [-0.2, -0.15) is 0 Å². The summed E-state index contributed by atoms with van der Waals surface area (Å²) in [5.74, 6) is 0.524. The summed E-state index contributed by atoms with van der Waals surface area (Å²) in [6.45, 7) is 8.14. The van der Waals surface area contributed by atoms with E-state index in [0.29, 0.717) is 36.8 Å². The third-order valence-corrected chi connectivity index (χ3v) is 4.74. The van der Waals surface area contributed by atoms with E-state index in [1.165, 1.54) is 0 Å². The molecule has 2 saturated heterocycles. The predicted molar refractivity (Wildman–Crippen MR) is 87.8 cm³/mol. The fourth-order valence-corrected chi connectivity index (χ4v) is 3.43. The number of carbonyl (C=O) groups excluding carboxylic acids is 3. The Kier molecular flexibility index (Phi) is 4.32. The molecule has 2 aliphatic rings. The molecule has 1 aromatic heterocycles. The second-order valence-corrected chi connectivity index (χ2v) is 6.79. The summed E-state index contributed by atoms with van der Waals surface area (Å²) in [4.78, 5) is 40.3. The summed E-state index contributed by atoms with van der Waals surface area (Å²) in [6, 6.07) is 1.17. The van der Waals surface area contributed by atoms with Gasteiger partial charge in [-0.05, 0) is 33.8 Å². The summed E-state index contributed by atoms with van der Waals surface area (Å²) in [5.41, 5.74) is -0.615. The normalized spacial score (nSPS) is 27.0. The molecular formula is C17H23N3O5. The number of morpholine rings is 1. The molecule has 4 amide bonds. The van der Waals surface area contributed by atoms with Gasteiger partial charge in [0, 0.05) is 18.7 Å². The van der Waals surface area contributed by atoms with E-state index in [1.807, 2.05) is 6.92 Å². The maximum absolute atomic E-state index is 12.9. The van der Waals surface area contributed by atoms with Crippen LogP contribution in [0.15, 0.2) is 10.5 Å². The first-order valence-corrected chi connectivity index (χ1v) is 8.33. The monoisotopic (exact) mass is 349 g/mol. The quantitative estimate of drug-likeness (QED) is 0.819. The minimum atomic E-state index is -1.22. The molecule has 1 aromatic rings. The van der Waals surface area contributed by atoms with Crippen LogP contribution in [0.25, 0.3) is 0 Å². The van der Waals surface area contributed by atoms with E-state index in [0.717, 1.165) is 4.90 Å². The van der Waals surface area contributed by atoms with Crippen molar-refractivity contribution in [1.29, 1.82) is 0 Å². The van der Waals surface area contributed by atoms with Crippen molar-refractivity contribution < 1.29 is 23.5 Å². The number of ether oxygens (including phenoxy) is 1. The lowest BCUT2D eigenvalue weighted by molar-refractivity contribution is -0.143. The molecule has 1 N–H and O–H groups in total. The Morgan fingerprint density at radius 1 is 1.40 bits per heavy atom. The van der Waals surface area contributed by atoms with Gasteiger partial charge in [-0.3, -0.25) is 14.5 Å². The van der Waals surface area contributed by atoms with Gasteiger partial charge < -0.3 is 19.4 Å². The van der Waals surface area contributed by atoms with Crippen molar-refractivity contribution in [3.63, 3.8) is 0 Å². The van der Waals surface area contributed by atoms with Crippen LogP contribution in [0.4, 0.5) is 4.79 Å². The van der Waals surface area contributed by atoms with Crippen LogP contribution in [0.2, 0.25) is 0 Å². The summed E-state index contributed by atoms with van der Waals surface area (Å²) in [6.07, 6.45) is -0.0531. The number of nitrogens with one attached hydrogen (secondary N) is 1. The Hall–Kier alpha value is -2.35. The minimum Gasteiger partial charge on any atom is -0.466 e. The maximum Gasteiger partial charge on any atom is 0.325 e. The molecule has 0 radical (unpaired) electrons. The van der Waals surface area contributed by atoms with Crippen molar-refractivity contribution >= 4 is 17.8 Å². The number of furan rings is 1. The average Bonchev–Trinajstić information content (AvgIpc) is 2.99. The smallest absolute Gasteiger partial charge is 0.325 e. The number of amides is 4. The predicted octanol–water partition coefficient (Wildman–Crippen LogP) is 0.911. The average molecular weight is 349 g/mol. The molecule has 136 valence electrons. The van der Waals surface area contributed by atoms with Crippen LogP contribution < -0.4 is 5.32 Å². The highest BCUT2D eigenvalue weighted by atomic mass is 16.5. The number of carbonyl (C=O) groups is 3. The fourth-order valence-electron chi connectivity index (χ4n) is 3.43. The van der Waals surface area contributed by atoms with Crippen LogP contribution in [0.3, 0.4) is 0 Å². The highest BCUT2D eigenvalue weighted by Crippen LogP contribution is 2.32. The molecule has 25 heavy (non-hydrogen) atoms. The van der Waals surface area contributed by atoms with E-state index in [2.05, 4.69) is 5.32 Å². The Morgan fingerprint density at radius 2 is 2.12 bits per heavy atom. The van der Waals surface area contributed by atoms with E-state index in [-0.39, 0.29) is 18.6 Å². The maximum atomic E-state index is 12.9. The lowest BCUT2D eigenvalue weighted by atomic mass is 9.92. The molecular weight excluding hydrogens is 326 g/mol. The van der Waals surface area contributed by atoms with E-state index >= 15 is 0 Å². The second-order valence-electron chi connectivity index (χ2n) is 6.79. The standard InChI is InChI=1S/C17H23N3O5/c1-10-7-13(12(3)25-10)17(4)15(22)20(16(23)18-17)9-14(21)19-5-6-24-11(2)8-19/h7,11H,5-6,8-9H2,1-4H3,(H,18,23). The molecule has 0 aromatic carbocycles. The molecule has 8 heteroatoms. The van der Waals surface area contributed by atoms with E-state index < -0.39 is 17.5 Å². The number of hydrogen-bond donors (Lipinski definition) is 1. The number of imide groups is 1. The van der Waals surface area contributed by atoms with Gasteiger partial charge in [0.05, 0.1) is 12.7 Å². The first kappa shape index (κ1) is 17.5. The summed E-state index contributed by atoms with van der Waals surface area (Å²) >= 11 is 0. The third-order valence-electron chi connectivity index (χ3n) is 4.74. The number of rotatable bonds is 3. The molecule has 0 saturated carbocycles. The topological polar surface area (TPSA) is 92.1 Å². The fraction of sp³-hybridized carbons (Fsp3) is 0.588. The Bertz CT molecular complexity index is 728. The Labute approximate surface area is 146 Å². The molecule has 0 aliphatic carbocycles. The molecule has 0 spiro atoms. The van der Waals surface area contributed by atoms with Gasteiger partial charge in [0.1, 0.15) is 23.6 Å². The van der Waals surface area contributed by atoms with Crippen LogP contribution in [-0.2, 0) is 19.9 Å². The zero-order chi connectivity index (χ0) is 18.4. The van der Waals surface area contributed by atoms with Gasteiger partial charge >= 0.3 is 6.03 Å². The van der Waals surface area contributed by atoms with Crippen molar-refractivity contribution in [1.82, 2.24) is 15.1 Å².